The predicted octanol–water partition coefficient (Wildman–Crippen LogP) is 2.62. The summed E-state index contributed by atoms with van der Waals surface area (Å²) in [6.07, 6.45) is 0. The average Bonchev–Trinajstić information content (AvgIpc) is 2.88. The molecule has 21 heavy (non-hydrogen) atoms. The summed E-state index contributed by atoms with van der Waals surface area (Å²) in [5.41, 5.74) is 0.635. The van der Waals surface area contributed by atoms with Crippen LogP contribution in [0.5, 0.6) is 0 Å². The molecule has 1 aliphatic heterocycles. The van der Waals surface area contributed by atoms with Crippen molar-refractivity contribution in [2.75, 3.05) is 0 Å². The van der Waals surface area contributed by atoms with Crippen LogP contribution in [-0.4, -0.2) is 22.5 Å². The highest BCUT2D eigenvalue weighted by molar-refractivity contribution is 6.04. The molecule has 0 aliphatic carbocycles. The summed E-state index contributed by atoms with van der Waals surface area (Å²) >= 11 is 0. The number of amidine groups is 1. The van der Waals surface area contributed by atoms with Gasteiger partial charge in [-0.05, 0) is 12.5 Å². The second-order valence-corrected chi connectivity index (χ2v) is 5.29. The second-order valence-electron chi connectivity index (χ2n) is 5.29. The van der Waals surface area contributed by atoms with Crippen molar-refractivity contribution in [3.8, 4) is 0 Å². The van der Waals surface area contributed by atoms with Gasteiger partial charge in [-0.25, -0.2) is 4.79 Å². The van der Waals surface area contributed by atoms with Gasteiger partial charge >= 0.3 is 5.97 Å². The number of hydrogen-bond acceptors (Lipinski definition) is 3. The highest BCUT2D eigenvalue weighted by Gasteiger charge is 2.47. The number of carboxylic acid groups (broad SMARTS) is 1. The highest BCUT2D eigenvalue weighted by atomic mass is 16.4. The predicted molar refractivity (Wildman–Crippen MR) is 81.3 cm³/mol. The molecule has 1 aliphatic rings. The van der Waals surface area contributed by atoms with Crippen molar-refractivity contribution in [1.82, 2.24) is 5.32 Å². The molecule has 0 amide bonds. The van der Waals surface area contributed by atoms with Crippen molar-refractivity contribution >= 4 is 11.8 Å². The molecule has 0 saturated carbocycles. The Morgan fingerprint density at radius 2 is 1.67 bits per heavy atom. The maximum Gasteiger partial charge on any atom is 0.331 e. The van der Waals surface area contributed by atoms with Gasteiger partial charge in [-0.3, -0.25) is 4.99 Å². The molecule has 2 atom stereocenters. The zero-order valence-electron chi connectivity index (χ0n) is 11.7. The van der Waals surface area contributed by atoms with Crippen molar-refractivity contribution in [2.45, 2.75) is 18.5 Å². The first-order valence-electron chi connectivity index (χ1n) is 6.81. The Labute approximate surface area is 123 Å². The van der Waals surface area contributed by atoms with Gasteiger partial charge in [0.15, 0.2) is 5.54 Å². The number of carboxylic acids is 1. The summed E-state index contributed by atoms with van der Waals surface area (Å²) in [6, 6.07) is 18.6. The quantitative estimate of drug-likeness (QED) is 0.908. The third-order valence-corrected chi connectivity index (χ3v) is 3.79. The molecule has 1 heterocycles. The molecule has 0 spiro atoms. The Morgan fingerprint density at radius 3 is 2.24 bits per heavy atom. The molecule has 4 nitrogen and oxygen atoms in total. The van der Waals surface area contributed by atoms with Crippen molar-refractivity contribution in [3.05, 3.63) is 71.8 Å². The monoisotopic (exact) mass is 280 g/mol. The van der Waals surface area contributed by atoms with E-state index >= 15 is 0 Å². The van der Waals surface area contributed by atoms with Crippen LogP contribution in [0.3, 0.4) is 0 Å². The number of nitrogens with one attached hydrogen (secondary N) is 1. The van der Waals surface area contributed by atoms with Gasteiger partial charge in [0.2, 0.25) is 0 Å². The van der Waals surface area contributed by atoms with Crippen LogP contribution in [0.25, 0.3) is 0 Å². The van der Waals surface area contributed by atoms with E-state index in [0.717, 1.165) is 11.1 Å². The molecule has 0 bridgehead atoms. The summed E-state index contributed by atoms with van der Waals surface area (Å²) in [4.78, 5) is 16.4. The average molecular weight is 280 g/mol. The molecule has 1 unspecified atom stereocenters. The van der Waals surface area contributed by atoms with Crippen LogP contribution in [-0.2, 0) is 4.79 Å². The lowest BCUT2D eigenvalue weighted by Crippen LogP contribution is -2.51. The number of aliphatic carboxylic acids is 1. The lowest BCUT2D eigenvalue weighted by Gasteiger charge is -2.26. The fraction of sp³-hybridized carbons (Fsp3) is 0.176. The topological polar surface area (TPSA) is 61.7 Å². The molecule has 4 heteroatoms. The SMILES string of the molecule is C[C@]1(C(=O)O)NC(c2ccccc2)=NC1c1ccccc1. The Balaban J connectivity index is 2.05. The van der Waals surface area contributed by atoms with Gasteiger partial charge in [-0.1, -0.05) is 60.7 Å². The zero-order chi connectivity index (χ0) is 14.9. The summed E-state index contributed by atoms with van der Waals surface area (Å²) in [7, 11) is 0. The third-order valence-electron chi connectivity index (χ3n) is 3.79. The smallest absolute Gasteiger partial charge is 0.331 e. The van der Waals surface area contributed by atoms with E-state index in [-0.39, 0.29) is 0 Å². The van der Waals surface area contributed by atoms with Gasteiger partial charge < -0.3 is 10.4 Å². The maximum absolute atomic E-state index is 11.7. The number of carbonyl (C=O) groups is 1. The molecule has 3 rings (SSSR count). The molecule has 106 valence electrons. The Kier molecular flexibility index (Phi) is 3.22. The molecule has 0 fully saturated rings. The number of benzene rings is 2. The van der Waals surface area contributed by atoms with E-state index in [1.165, 1.54) is 0 Å². The van der Waals surface area contributed by atoms with E-state index in [2.05, 4.69) is 10.3 Å². The fourth-order valence-corrected chi connectivity index (χ4v) is 2.56. The largest absolute Gasteiger partial charge is 0.479 e. The van der Waals surface area contributed by atoms with Gasteiger partial charge in [-0.15, -0.1) is 0 Å². The van der Waals surface area contributed by atoms with Crippen molar-refractivity contribution in [3.63, 3.8) is 0 Å². The highest BCUT2D eigenvalue weighted by Crippen LogP contribution is 2.35. The Morgan fingerprint density at radius 1 is 1.10 bits per heavy atom. The van der Waals surface area contributed by atoms with Crippen molar-refractivity contribution in [1.29, 1.82) is 0 Å². The summed E-state index contributed by atoms with van der Waals surface area (Å²) in [6.45, 7) is 1.67. The van der Waals surface area contributed by atoms with Crippen molar-refractivity contribution in [2.24, 2.45) is 4.99 Å². The summed E-state index contributed by atoms with van der Waals surface area (Å²) in [5, 5.41) is 12.7. The number of aliphatic imine (C=N–C) groups is 1. The first kappa shape index (κ1) is 13.4. The van der Waals surface area contributed by atoms with Crippen molar-refractivity contribution < 1.29 is 9.90 Å². The number of rotatable bonds is 3. The lowest BCUT2D eigenvalue weighted by molar-refractivity contribution is -0.144. The van der Waals surface area contributed by atoms with Crippen LogP contribution < -0.4 is 5.32 Å². The van der Waals surface area contributed by atoms with E-state index in [4.69, 9.17) is 0 Å². The zero-order valence-corrected chi connectivity index (χ0v) is 11.7. The second kappa shape index (κ2) is 5.05. The summed E-state index contributed by atoms with van der Waals surface area (Å²) in [5.74, 6) is -0.291. The molecule has 0 radical (unpaired) electrons. The summed E-state index contributed by atoms with van der Waals surface area (Å²) < 4.78 is 0. The minimum atomic E-state index is -1.15. The normalized spacial score (nSPS) is 24.2. The minimum absolute atomic E-state index is 0.452. The first-order chi connectivity index (χ1) is 10.1. The van der Waals surface area contributed by atoms with Gasteiger partial charge in [0.1, 0.15) is 11.9 Å². The molecular weight excluding hydrogens is 264 g/mol. The van der Waals surface area contributed by atoms with E-state index < -0.39 is 17.6 Å². The fourth-order valence-electron chi connectivity index (χ4n) is 2.56. The van der Waals surface area contributed by atoms with Crippen LogP contribution in [0.1, 0.15) is 24.1 Å². The molecule has 0 aromatic heterocycles. The van der Waals surface area contributed by atoms with Crippen LogP contribution in [0.15, 0.2) is 65.7 Å². The molecule has 2 N–H and O–H groups in total. The van der Waals surface area contributed by atoms with Crippen LogP contribution in [0, 0.1) is 0 Å². The maximum atomic E-state index is 11.7. The van der Waals surface area contributed by atoms with E-state index in [1.54, 1.807) is 6.92 Å². The van der Waals surface area contributed by atoms with E-state index in [0.29, 0.717) is 5.84 Å². The molecule has 2 aromatic rings. The molecule has 0 saturated heterocycles. The number of nitrogens with zero attached hydrogens (tertiary/aromatic N) is 1. The Bertz CT molecular complexity index is 682. The molecule has 2 aromatic carbocycles. The van der Waals surface area contributed by atoms with Crippen LogP contribution >= 0.6 is 0 Å². The lowest BCUT2D eigenvalue weighted by atomic mass is 9.88. The van der Waals surface area contributed by atoms with Gasteiger partial charge in [0, 0.05) is 5.56 Å². The van der Waals surface area contributed by atoms with Gasteiger partial charge in [0.25, 0.3) is 0 Å². The minimum Gasteiger partial charge on any atom is -0.479 e. The van der Waals surface area contributed by atoms with Gasteiger partial charge in [-0.2, -0.15) is 0 Å². The van der Waals surface area contributed by atoms with E-state index in [1.807, 2.05) is 60.7 Å². The van der Waals surface area contributed by atoms with Crippen LogP contribution in [0.2, 0.25) is 0 Å². The standard InChI is InChI=1S/C17H16N2O2/c1-17(16(20)21)14(12-8-4-2-5-9-12)18-15(19-17)13-10-6-3-7-11-13/h2-11,14H,1H3,(H,18,19)(H,20,21)/t14?,17-/m0/s1. The van der Waals surface area contributed by atoms with Crippen LogP contribution in [0.4, 0.5) is 0 Å². The number of hydrogen-bond donors (Lipinski definition) is 2. The molecular formula is C17H16N2O2. The van der Waals surface area contributed by atoms with Gasteiger partial charge in [0.05, 0.1) is 0 Å². The Hall–Kier alpha value is -2.62. The van der Waals surface area contributed by atoms with E-state index in [9.17, 15) is 9.90 Å². The first-order valence-corrected chi connectivity index (χ1v) is 6.81. The third kappa shape index (κ3) is 2.29.